The van der Waals surface area contributed by atoms with Crippen LogP contribution >= 0.6 is 0 Å². The van der Waals surface area contributed by atoms with E-state index in [1.807, 2.05) is 0 Å². The number of nitrogens with two attached hydrogens (primary N) is 1. The van der Waals surface area contributed by atoms with Crippen molar-refractivity contribution in [2.75, 3.05) is 5.73 Å². The molecule has 3 nitrogen and oxygen atoms in total. The zero-order chi connectivity index (χ0) is 13.9. The second-order valence-electron chi connectivity index (χ2n) is 3.93. The van der Waals surface area contributed by atoms with E-state index in [1.54, 1.807) is 0 Å². The van der Waals surface area contributed by atoms with Crippen LogP contribution in [0.25, 0.3) is 0 Å². The van der Waals surface area contributed by atoms with Crippen LogP contribution in [-0.2, 0) is 0 Å². The molecule has 0 heterocycles. The largest absolute Gasteiger partial charge is 0.396 e. The van der Waals surface area contributed by atoms with Gasteiger partial charge in [-0.2, -0.15) is 13.2 Å². The SMILES string of the molecule is CC(CC(F)(F)F)NC(=O)c1ccc(N)c(F)c1. The summed E-state index contributed by atoms with van der Waals surface area (Å²) >= 11 is 0. The van der Waals surface area contributed by atoms with Gasteiger partial charge in [0.05, 0.1) is 12.1 Å². The number of carbonyl (C=O) groups is 1. The summed E-state index contributed by atoms with van der Waals surface area (Å²) in [7, 11) is 0. The predicted molar refractivity (Wildman–Crippen MR) is 58.4 cm³/mol. The van der Waals surface area contributed by atoms with E-state index in [9.17, 15) is 22.4 Å². The number of nitrogens with one attached hydrogen (secondary N) is 1. The number of hydrogen-bond donors (Lipinski definition) is 2. The molecule has 1 rings (SSSR count). The molecule has 0 aliphatic carbocycles. The van der Waals surface area contributed by atoms with Crippen LogP contribution in [0, 0.1) is 5.82 Å². The van der Waals surface area contributed by atoms with Gasteiger partial charge in [0.15, 0.2) is 0 Å². The van der Waals surface area contributed by atoms with Crippen LogP contribution in [0.1, 0.15) is 23.7 Å². The Labute approximate surface area is 101 Å². The Bertz CT molecular complexity index is 445. The minimum atomic E-state index is -4.36. The maximum absolute atomic E-state index is 13.1. The Balaban J connectivity index is 2.68. The van der Waals surface area contributed by atoms with Crippen LogP contribution in [0.2, 0.25) is 0 Å². The summed E-state index contributed by atoms with van der Waals surface area (Å²) in [4.78, 5) is 11.5. The van der Waals surface area contributed by atoms with Crippen molar-refractivity contribution in [1.82, 2.24) is 5.32 Å². The van der Waals surface area contributed by atoms with Crippen molar-refractivity contribution in [3.63, 3.8) is 0 Å². The highest BCUT2D eigenvalue weighted by atomic mass is 19.4. The summed E-state index contributed by atoms with van der Waals surface area (Å²) in [6.07, 6.45) is -5.50. The minimum absolute atomic E-state index is 0.0734. The van der Waals surface area contributed by atoms with E-state index < -0.39 is 30.4 Å². The third-order valence-corrected chi connectivity index (χ3v) is 2.18. The monoisotopic (exact) mass is 264 g/mol. The van der Waals surface area contributed by atoms with E-state index >= 15 is 0 Å². The summed E-state index contributed by atoms with van der Waals surface area (Å²) < 4.78 is 49.2. The lowest BCUT2D eigenvalue weighted by Crippen LogP contribution is -2.36. The van der Waals surface area contributed by atoms with Crippen molar-refractivity contribution in [3.8, 4) is 0 Å². The molecule has 7 heteroatoms. The van der Waals surface area contributed by atoms with Crippen LogP contribution in [0.15, 0.2) is 18.2 Å². The Morgan fingerprint density at radius 3 is 2.56 bits per heavy atom. The lowest BCUT2D eigenvalue weighted by molar-refractivity contribution is -0.138. The molecule has 0 saturated carbocycles. The second-order valence-corrected chi connectivity index (χ2v) is 3.93. The van der Waals surface area contributed by atoms with Crippen LogP contribution in [0.3, 0.4) is 0 Å². The average molecular weight is 264 g/mol. The molecule has 0 aliphatic rings. The number of nitrogen functional groups attached to an aromatic ring is 1. The molecule has 0 bridgehead atoms. The molecule has 1 aromatic rings. The summed E-state index contributed by atoms with van der Waals surface area (Å²) in [5.74, 6) is -1.56. The lowest BCUT2D eigenvalue weighted by atomic mass is 10.1. The summed E-state index contributed by atoms with van der Waals surface area (Å²) in [5, 5.41) is 2.13. The summed E-state index contributed by atoms with van der Waals surface area (Å²) in [6, 6.07) is 2.22. The Hall–Kier alpha value is -1.79. The lowest BCUT2D eigenvalue weighted by Gasteiger charge is -2.15. The van der Waals surface area contributed by atoms with Gasteiger partial charge in [0.1, 0.15) is 5.82 Å². The zero-order valence-corrected chi connectivity index (χ0v) is 9.51. The zero-order valence-electron chi connectivity index (χ0n) is 9.51. The molecule has 18 heavy (non-hydrogen) atoms. The van der Waals surface area contributed by atoms with Crippen molar-refractivity contribution in [2.24, 2.45) is 0 Å². The first-order valence-corrected chi connectivity index (χ1v) is 5.11. The van der Waals surface area contributed by atoms with Gasteiger partial charge >= 0.3 is 6.18 Å². The van der Waals surface area contributed by atoms with Gasteiger partial charge in [-0.25, -0.2) is 4.39 Å². The third kappa shape index (κ3) is 4.23. The number of carbonyl (C=O) groups excluding carboxylic acids is 1. The molecule has 0 aliphatic heterocycles. The Kier molecular flexibility index (Phi) is 4.15. The van der Waals surface area contributed by atoms with Crippen LogP contribution in [-0.4, -0.2) is 18.1 Å². The fourth-order valence-electron chi connectivity index (χ4n) is 1.37. The van der Waals surface area contributed by atoms with Crippen molar-refractivity contribution < 1.29 is 22.4 Å². The highest BCUT2D eigenvalue weighted by molar-refractivity contribution is 5.94. The average Bonchev–Trinajstić information content (AvgIpc) is 2.18. The highest BCUT2D eigenvalue weighted by Crippen LogP contribution is 2.21. The van der Waals surface area contributed by atoms with Gasteiger partial charge in [0.2, 0.25) is 0 Å². The van der Waals surface area contributed by atoms with Crippen LogP contribution < -0.4 is 11.1 Å². The molecule has 0 radical (unpaired) electrons. The first-order chi connectivity index (χ1) is 8.19. The number of anilines is 1. The van der Waals surface area contributed by atoms with Gasteiger partial charge in [-0.15, -0.1) is 0 Å². The van der Waals surface area contributed by atoms with Crippen molar-refractivity contribution in [3.05, 3.63) is 29.6 Å². The number of amides is 1. The quantitative estimate of drug-likeness (QED) is 0.651. The van der Waals surface area contributed by atoms with Gasteiger partial charge in [-0.05, 0) is 25.1 Å². The van der Waals surface area contributed by atoms with Gasteiger partial charge in [-0.1, -0.05) is 0 Å². The number of benzene rings is 1. The molecular weight excluding hydrogens is 252 g/mol. The smallest absolute Gasteiger partial charge is 0.391 e. The number of alkyl halides is 3. The Morgan fingerprint density at radius 2 is 2.06 bits per heavy atom. The number of hydrogen-bond acceptors (Lipinski definition) is 2. The first-order valence-electron chi connectivity index (χ1n) is 5.11. The molecule has 1 unspecified atom stereocenters. The maximum atomic E-state index is 13.1. The summed E-state index contributed by atoms with van der Waals surface area (Å²) in [5.41, 5.74) is 5.01. The van der Waals surface area contributed by atoms with Gasteiger partial charge in [0.25, 0.3) is 5.91 Å². The van der Waals surface area contributed by atoms with E-state index in [1.165, 1.54) is 19.1 Å². The van der Waals surface area contributed by atoms with E-state index in [0.717, 1.165) is 6.07 Å². The normalized spacial score (nSPS) is 13.2. The number of halogens is 4. The molecule has 1 amide bonds. The maximum Gasteiger partial charge on any atom is 0.391 e. The van der Waals surface area contributed by atoms with E-state index in [0.29, 0.717) is 0 Å². The molecule has 100 valence electrons. The van der Waals surface area contributed by atoms with E-state index in [2.05, 4.69) is 5.32 Å². The predicted octanol–water partition coefficient (Wildman–Crippen LogP) is 2.48. The highest BCUT2D eigenvalue weighted by Gasteiger charge is 2.30. The van der Waals surface area contributed by atoms with Crippen molar-refractivity contribution in [2.45, 2.75) is 25.6 Å². The molecule has 1 atom stereocenters. The van der Waals surface area contributed by atoms with Crippen LogP contribution in [0.4, 0.5) is 23.2 Å². The van der Waals surface area contributed by atoms with Crippen molar-refractivity contribution >= 4 is 11.6 Å². The van der Waals surface area contributed by atoms with Crippen molar-refractivity contribution in [1.29, 1.82) is 0 Å². The molecule has 1 aromatic carbocycles. The van der Waals surface area contributed by atoms with Gasteiger partial charge in [0, 0.05) is 11.6 Å². The molecule has 3 N–H and O–H groups in total. The van der Waals surface area contributed by atoms with E-state index in [4.69, 9.17) is 5.73 Å². The standard InChI is InChI=1S/C11H12F4N2O/c1-6(5-11(13,14)15)17-10(18)7-2-3-9(16)8(12)4-7/h2-4,6H,5,16H2,1H3,(H,17,18). The molecule has 0 aromatic heterocycles. The van der Waals surface area contributed by atoms with Gasteiger partial charge in [-0.3, -0.25) is 4.79 Å². The van der Waals surface area contributed by atoms with E-state index in [-0.39, 0.29) is 11.3 Å². The third-order valence-electron chi connectivity index (χ3n) is 2.18. The molecular formula is C11H12F4N2O. The van der Waals surface area contributed by atoms with Crippen LogP contribution in [0.5, 0.6) is 0 Å². The minimum Gasteiger partial charge on any atom is -0.396 e. The fraction of sp³-hybridized carbons (Fsp3) is 0.364. The molecule has 0 spiro atoms. The number of rotatable bonds is 3. The topological polar surface area (TPSA) is 55.1 Å². The molecule has 0 saturated heterocycles. The Morgan fingerprint density at radius 1 is 1.44 bits per heavy atom. The summed E-state index contributed by atoms with van der Waals surface area (Å²) in [6.45, 7) is 1.22. The van der Waals surface area contributed by atoms with Gasteiger partial charge < -0.3 is 11.1 Å². The second kappa shape index (κ2) is 5.24. The fourth-order valence-corrected chi connectivity index (χ4v) is 1.37. The first kappa shape index (κ1) is 14.3. The molecule has 0 fully saturated rings.